The van der Waals surface area contributed by atoms with Gasteiger partial charge < -0.3 is 16.2 Å². The molecular weight excluding hydrogens is 373 g/mol. The molecule has 0 atom stereocenters. The third-order valence-corrected chi connectivity index (χ3v) is 5.46. The van der Waals surface area contributed by atoms with Crippen LogP contribution in [0.3, 0.4) is 0 Å². The molecule has 1 saturated heterocycles. The summed E-state index contributed by atoms with van der Waals surface area (Å²) in [5.41, 5.74) is 7.95. The van der Waals surface area contributed by atoms with Crippen LogP contribution in [0, 0.1) is 0 Å². The average molecular weight is 404 g/mol. The van der Waals surface area contributed by atoms with Crippen LogP contribution in [0.2, 0.25) is 0 Å². The Morgan fingerprint density at radius 3 is 2.35 bits per heavy atom. The zero-order chi connectivity index (χ0) is 17.0. The number of aliphatic hydroxyl groups is 1. The third-order valence-electron chi connectivity index (χ3n) is 5.46. The van der Waals surface area contributed by atoms with Gasteiger partial charge in [0, 0.05) is 26.2 Å². The number of nitrogens with zero attached hydrogens (tertiary/aromatic N) is 1. The van der Waals surface area contributed by atoms with Crippen LogP contribution in [-0.4, -0.2) is 40.6 Å². The van der Waals surface area contributed by atoms with Crippen LogP contribution in [0.25, 0.3) is 0 Å². The van der Waals surface area contributed by atoms with Gasteiger partial charge in [0.25, 0.3) is 0 Å². The fourth-order valence-corrected chi connectivity index (χ4v) is 3.79. The minimum Gasteiger partial charge on any atom is -0.393 e. The molecule has 1 aliphatic carbocycles. The maximum Gasteiger partial charge on any atom is 0.240 e. The van der Waals surface area contributed by atoms with Crippen molar-refractivity contribution in [2.24, 2.45) is 5.73 Å². The number of benzene rings is 1. The Hall–Kier alpha value is -0.850. The SMILES string of the molecule is Cl.Cl.NC1(C(=O)NCc2ccccc2CN2CCC(O)CC2)CCCC1. The summed E-state index contributed by atoms with van der Waals surface area (Å²) in [6, 6.07) is 8.26. The van der Waals surface area contributed by atoms with Crippen molar-refractivity contribution in [3.05, 3.63) is 35.4 Å². The van der Waals surface area contributed by atoms with E-state index >= 15 is 0 Å². The molecule has 3 rings (SSSR count). The third kappa shape index (κ3) is 5.83. The normalized spacial score (nSPS) is 20.1. The summed E-state index contributed by atoms with van der Waals surface area (Å²) in [5.74, 6) is -0.0177. The molecule has 0 spiro atoms. The summed E-state index contributed by atoms with van der Waals surface area (Å²) in [7, 11) is 0. The van der Waals surface area contributed by atoms with Crippen LogP contribution >= 0.6 is 24.8 Å². The Bertz CT molecular complexity index is 572. The second-order valence-corrected chi connectivity index (χ2v) is 7.32. The van der Waals surface area contributed by atoms with Crippen LogP contribution in [-0.2, 0) is 17.9 Å². The Morgan fingerprint density at radius 2 is 1.73 bits per heavy atom. The fraction of sp³-hybridized carbons (Fsp3) is 0.632. The number of nitrogens with one attached hydrogen (secondary N) is 1. The number of carbonyl (C=O) groups is 1. The van der Waals surface area contributed by atoms with Crippen molar-refractivity contribution < 1.29 is 9.90 Å². The second kappa shape index (κ2) is 10.5. The summed E-state index contributed by atoms with van der Waals surface area (Å²) >= 11 is 0. The number of carbonyl (C=O) groups excluding carboxylic acids is 1. The number of amides is 1. The molecular formula is C19H31Cl2N3O2. The molecule has 0 aromatic heterocycles. The van der Waals surface area contributed by atoms with E-state index in [0.717, 1.165) is 63.7 Å². The predicted molar refractivity (Wildman–Crippen MR) is 109 cm³/mol. The monoisotopic (exact) mass is 403 g/mol. The summed E-state index contributed by atoms with van der Waals surface area (Å²) in [6.45, 7) is 3.25. The van der Waals surface area contributed by atoms with Crippen molar-refractivity contribution >= 4 is 30.7 Å². The van der Waals surface area contributed by atoms with Crippen LogP contribution < -0.4 is 11.1 Å². The maximum atomic E-state index is 12.4. The van der Waals surface area contributed by atoms with Gasteiger partial charge in [-0.05, 0) is 36.8 Å². The first-order chi connectivity index (χ1) is 11.6. The van der Waals surface area contributed by atoms with Gasteiger partial charge in [-0.15, -0.1) is 24.8 Å². The fourth-order valence-electron chi connectivity index (χ4n) is 3.79. The van der Waals surface area contributed by atoms with Gasteiger partial charge in [0.1, 0.15) is 0 Å². The number of hydrogen-bond donors (Lipinski definition) is 3. The Morgan fingerprint density at radius 1 is 1.15 bits per heavy atom. The van der Waals surface area contributed by atoms with Crippen molar-refractivity contribution in [2.75, 3.05) is 13.1 Å². The number of halogens is 2. The molecule has 2 fully saturated rings. The highest BCUT2D eigenvalue weighted by Gasteiger charge is 2.36. The molecule has 1 aromatic rings. The molecule has 1 saturated carbocycles. The molecule has 2 aliphatic rings. The van der Waals surface area contributed by atoms with E-state index in [1.807, 2.05) is 12.1 Å². The quantitative estimate of drug-likeness (QED) is 0.704. The topological polar surface area (TPSA) is 78.6 Å². The van der Waals surface area contributed by atoms with Crippen molar-refractivity contribution in [1.82, 2.24) is 10.2 Å². The van der Waals surface area contributed by atoms with Gasteiger partial charge in [-0.2, -0.15) is 0 Å². The minimum absolute atomic E-state index is 0. The number of nitrogens with two attached hydrogens (primary N) is 1. The molecule has 4 N–H and O–H groups in total. The van der Waals surface area contributed by atoms with Gasteiger partial charge in [-0.25, -0.2) is 0 Å². The van der Waals surface area contributed by atoms with Crippen LogP contribution in [0.4, 0.5) is 0 Å². The zero-order valence-electron chi connectivity index (χ0n) is 15.2. The Labute approximate surface area is 168 Å². The molecule has 7 heteroatoms. The summed E-state index contributed by atoms with van der Waals surface area (Å²) in [5, 5.41) is 12.7. The van der Waals surface area contributed by atoms with Crippen LogP contribution in [0.5, 0.6) is 0 Å². The van der Waals surface area contributed by atoms with Gasteiger partial charge in [0.2, 0.25) is 5.91 Å². The van der Waals surface area contributed by atoms with E-state index in [4.69, 9.17) is 5.73 Å². The lowest BCUT2D eigenvalue weighted by Crippen LogP contribution is -2.51. The number of aliphatic hydroxyl groups excluding tert-OH is 1. The Balaban J connectivity index is 0.00000169. The minimum atomic E-state index is -0.669. The van der Waals surface area contributed by atoms with E-state index in [2.05, 4.69) is 22.3 Å². The molecule has 1 amide bonds. The molecule has 1 aromatic carbocycles. The first-order valence-corrected chi connectivity index (χ1v) is 9.11. The zero-order valence-corrected chi connectivity index (χ0v) is 16.8. The molecule has 0 unspecified atom stereocenters. The average Bonchev–Trinajstić information content (AvgIpc) is 3.04. The van der Waals surface area contributed by atoms with Crippen molar-refractivity contribution in [1.29, 1.82) is 0 Å². The lowest BCUT2D eigenvalue weighted by atomic mass is 9.97. The summed E-state index contributed by atoms with van der Waals surface area (Å²) < 4.78 is 0. The number of rotatable bonds is 5. The van der Waals surface area contributed by atoms with Gasteiger partial charge in [-0.3, -0.25) is 9.69 Å². The highest BCUT2D eigenvalue weighted by molar-refractivity contribution is 5.86. The van der Waals surface area contributed by atoms with Crippen molar-refractivity contribution in [3.8, 4) is 0 Å². The van der Waals surface area contributed by atoms with Gasteiger partial charge in [0.15, 0.2) is 0 Å². The van der Waals surface area contributed by atoms with Crippen LogP contribution in [0.15, 0.2) is 24.3 Å². The molecule has 0 bridgehead atoms. The van der Waals surface area contributed by atoms with E-state index in [0.29, 0.717) is 6.54 Å². The predicted octanol–water partition coefficient (Wildman–Crippen LogP) is 2.37. The maximum absolute atomic E-state index is 12.4. The molecule has 1 heterocycles. The highest BCUT2D eigenvalue weighted by Crippen LogP contribution is 2.27. The smallest absolute Gasteiger partial charge is 0.240 e. The lowest BCUT2D eigenvalue weighted by molar-refractivity contribution is -0.126. The van der Waals surface area contributed by atoms with E-state index in [1.165, 1.54) is 5.56 Å². The number of piperidine rings is 1. The summed E-state index contributed by atoms with van der Waals surface area (Å²) in [4.78, 5) is 14.8. The van der Waals surface area contributed by atoms with Gasteiger partial charge in [-0.1, -0.05) is 37.1 Å². The molecule has 1 aliphatic heterocycles. The van der Waals surface area contributed by atoms with Crippen molar-refractivity contribution in [2.45, 2.75) is 63.3 Å². The van der Waals surface area contributed by atoms with E-state index < -0.39 is 5.54 Å². The molecule has 26 heavy (non-hydrogen) atoms. The van der Waals surface area contributed by atoms with Crippen molar-refractivity contribution in [3.63, 3.8) is 0 Å². The van der Waals surface area contributed by atoms with Gasteiger partial charge in [0.05, 0.1) is 11.6 Å². The first kappa shape index (κ1) is 23.2. The summed E-state index contributed by atoms with van der Waals surface area (Å²) in [6.07, 6.45) is 5.20. The highest BCUT2D eigenvalue weighted by atomic mass is 35.5. The van der Waals surface area contributed by atoms with E-state index in [1.54, 1.807) is 0 Å². The van der Waals surface area contributed by atoms with E-state index in [-0.39, 0.29) is 36.8 Å². The van der Waals surface area contributed by atoms with Crippen LogP contribution in [0.1, 0.15) is 49.7 Å². The Kier molecular flexibility index (Phi) is 9.34. The second-order valence-electron chi connectivity index (χ2n) is 7.32. The van der Waals surface area contributed by atoms with E-state index in [9.17, 15) is 9.90 Å². The number of hydrogen-bond acceptors (Lipinski definition) is 4. The molecule has 0 radical (unpaired) electrons. The van der Waals surface area contributed by atoms with Gasteiger partial charge >= 0.3 is 0 Å². The lowest BCUT2D eigenvalue weighted by Gasteiger charge is -2.30. The largest absolute Gasteiger partial charge is 0.393 e. The standard InChI is InChI=1S/C19H29N3O2.2ClH/c20-19(9-3-4-10-19)18(24)21-13-15-5-1-2-6-16(15)14-22-11-7-17(23)8-12-22;;/h1-2,5-6,17,23H,3-4,7-14,20H2,(H,21,24);2*1H. The number of likely N-dealkylation sites (tertiary alicyclic amines) is 1. The molecule has 5 nitrogen and oxygen atoms in total. The first-order valence-electron chi connectivity index (χ1n) is 9.11. The molecule has 148 valence electrons.